The van der Waals surface area contributed by atoms with E-state index in [0.29, 0.717) is 13.2 Å². The number of imidazole rings is 1. The van der Waals surface area contributed by atoms with Gasteiger partial charge in [0.2, 0.25) is 5.91 Å². The van der Waals surface area contributed by atoms with Crippen LogP contribution in [0.3, 0.4) is 0 Å². The van der Waals surface area contributed by atoms with Gasteiger partial charge in [-0.25, -0.2) is 4.98 Å². The van der Waals surface area contributed by atoms with Gasteiger partial charge < -0.3 is 15.0 Å². The highest BCUT2D eigenvalue weighted by molar-refractivity contribution is 5.85. The summed E-state index contributed by atoms with van der Waals surface area (Å²) in [7, 11) is 3.61. The third kappa shape index (κ3) is 2.28. The molecule has 1 unspecified atom stereocenters. The lowest BCUT2D eigenvalue weighted by atomic mass is 9.96. The first kappa shape index (κ1) is 15.0. The monoisotopic (exact) mass is 302 g/mol. The van der Waals surface area contributed by atoms with Crippen molar-refractivity contribution in [3.63, 3.8) is 0 Å². The summed E-state index contributed by atoms with van der Waals surface area (Å²) in [6.07, 6.45) is 1.68. The molecule has 22 heavy (non-hydrogen) atoms. The van der Waals surface area contributed by atoms with Crippen molar-refractivity contribution in [1.82, 2.24) is 14.5 Å². The fourth-order valence-corrected chi connectivity index (χ4v) is 3.42. The van der Waals surface area contributed by atoms with Gasteiger partial charge in [0.25, 0.3) is 0 Å². The molecule has 118 valence electrons. The average Bonchev–Trinajstić information content (AvgIpc) is 3.04. The first-order valence-corrected chi connectivity index (χ1v) is 7.53. The molecule has 0 saturated carbocycles. The lowest BCUT2D eigenvalue weighted by Gasteiger charge is -2.34. The summed E-state index contributed by atoms with van der Waals surface area (Å²) in [4.78, 5) is 18.8. The highest BCUT2D eigenvalue weighted by Crippen LogP contribution is 2.31. The number of aryl methyl sites for hydroxylation is 1. The van der Waals surface area contributed by atoms with Crippen LogP contribution in [-0.2, 0) is 23.1 Å². The van der Waals surface area contributed by atoms with Crippen LogP contribution in [-0.4, -0.2) is 46.2 Å². The molecule has 1 aromatic heterocycles. The fourth-order valence-electron chi connectivity index (χ4n) is 3.42. The Balaban J connectivity index is 1.93. The van der Waals surface area contributed by atoms with Gasteiger partial charge in [-0.2, -0.15) is 0 Å². The van der Waals surface area contributed by atoms with Gasteiger partial charge in [-0.05, 0) is 31.5 Å². The van der Waals surface area contributed by atoms with Crippen molar-refractivity contribution in [2.45, 2.75) is 24.9 Å². The van der Waals surface area contributed by atoms with Gasteiger partial charge in [0.15, 0.2) is 0 Å². The largest absolute Gasteiger partial charge is 0.382 e. The fraction of sp³-hybridized carbons (Fsp3) is 0.500. The maximum atomic E-state index is 12.0. The molecule has 2 aromatic rings. The predicted octanol–water partition coefficient (Wildman–Crippen LogP) is 1.04. The number of aromatic nitrogens is 2. The third-order valence-corrected chi connectivity index (χ3v) is 4.68. The number of nitrogens with zero attached hydrogens (tertiary/aromatic N) is 3. The van der Waals surface area contributed by atoms with E-state index in [1.54, 1.807) is 7.11 Å². The van der Waals surface area contributed by atoms with Crippen molar-refractivity contribution in [2.75, 3.05) is 20.3 Å². The molecular weight excluding hydrogens is 280 g/mol. The topological polar surface area (TPSA) is 73.4 Å². The zero-order chi connectivity index (χ0) is 15.7. The van der Waals surface area contributed by atoms with Crippen LogP contribution in [0.15, 0.2) is 24.3 Å². The Morgan fingerprint density at radius 1 is 1.45 bits per heavy atom. The van der Waals surface area contributed by atoms with E-state index < -0.39 is 5.54 Å². The summed E-state index contributed by atoms with van der Waals surface area (Å²) in [5.74, 6) is 0.621. The minimum Gasteiger partial charge on any atom is -0.382 e. The highest BCUT2D eigenvalue weighted by atomic mass is 16.5. The molecular formula is C16H22N4O2. The third-order valence-electron chi connectivity index (χ3n) is 4.68. The van der Waals surface area contributed by atoms with Gasteiger partial charge in [0.1, 0.15) is 11.4 Å². The zero-order valence-electron chi connectivity index (χ0n) is 13.1. The lowest BCUT2D eigenvalue weighted by molar-refractivity contribution is -0.132. The molecule has 1 fully saturated rings. The van der Waals surface area contributed by atoms with Gasteiger partial charge in [0, 0.05) is 14.2 Å². The standard InChI is InChI=1S/C16H22N4O2/c1-19-13-7-4-3-6-12(13)18-14(19)10-20-9-5-8-16(20,11-22-2)15(17)21/h3-4,6-7H,5,8-11H2,1-2H3,(H2,17,21). The van der Waals surface area contributed by atoms with Crippen LogP contribution in [0.2, 0.25) is 0 Å². The number of hydrogen-bond donors (Lipinski definition) is 1. The van der Waals surface area contributed by atoms with Crippen LogP contribution in [0, 0.1) is 0 Å². The summed E-state index contributed by atoms with van der Waals surface area (Å²) in [6, 6.07) is 8.03. The molecule has 0 spiro atoms. The van der Waals surface area contributed by atoms with E-state index in [0.717, 1.165) is 36.2 Å². The van der Waals surface area contributed by atoms with Gasteiger partial charge >= 0.3 is 0 Å². The molecule has 6 nitrogen and oxygen atoms in total. The molecule has 0 aliphatic carbocycles. The SMILES string of the molecule is COCC1(C(N)=O)CCCN1Cc1nc2ccccc2n1C. The maximum absolute atomic E-state index is 12.0. The van der Waals surface area contributed by atoms with Gasteiger partial charge in [-0.3, -0.25) is 9.69 Å². The Kier molecular flexibility index (Phi) is 3.88. The number of amides is 1. The lowest BCUT2D eigenvalue weighted by Crippen LogP contribution is -2.56. The van der Waals surface area contributed by atoms with E-state index in [9.17, 15) is 4.79 Å². The maximum Gasteiger partial charge on any atom is 0.240 e. The number of likely N-dealkylation sites (tertiary alicyclic amines) is 1. The summed E-state index contributed by atoms with van der Waals surface area (Å²) in [5.41, 5.74) is 7.03. The highest BCUT2D eigenvalue weighted by Gasteiger charge is 2.46. The van der Waals surface area contributed by atoms with E-state index in [1.807, 2.05) is 31.3 Å². The van der Waals surface area contributed by atoms with Crippen molar-refractivity contribution in [2.24, 2.45) is 12.8 Å². The van der Waals surface area contributed by atoms with Crippen LogP contribution in [0.5, 0.6) is 0 Å². The average molecular weight is 302 g/mol. The van der Waals surface area contributed by atoms with Crippen LogP contribution < -0.4 is 5.73 Å². The van der Waals surface area contributed by atoms with Crippen molar-refractivity contribution in [3.8, 4) is 0 Å². The van der Waals surface area contributed by atoms with Crippen LogP contribution in [0.25, 0.3) is 11.0 Å². The molecule has 1 atom stereocenters. The summed E-state index contributed by atoms with van der Waals surface area (Å²) >= 11 is 0. The van der Waals surface area contributed by atoms with E-state index in [2.05, 4.69) is 14.5 Å². The second-order valence-electron chi connectivity index (χ2n) is 5.93. The Morgan fingerprint density at radius 2 is 2.23 bits per heavy atom. The second-order valence-corrected chi connectivity index (χ2v) is 5.93. The smallest absolute Gasteiger partial charge is 0.240 e. The number of methoxy groups -OCH3 is 1. The van der Waals surface area contributed by atoms with E-state index in [-0.39, 0.29) is 5.91 Å². The van der Waals surface area contributed by atoms with Gasteiger partial charge in [0.05, 0.1) is 24.2 Å². The normalized spacial score (nSPS) is 22.5. The quantitative estimate of drug-likeness (QED) is 0.895. The Labute approximate surface area is 129 Å². The number of carbonyl (C=O) groups is 1. The van der Waals surface area contributed by atoms with Crippen LogP contribution >= 0.6 is 0 Å². The van der Waals surface area contributed by atoms with Crippen LogP contribution in [0.1, 0.15) is 18.7 Å². The number of ether oxygens (including phenoxy) is 1. The first-order valence-electron chi connectivity index (χ1n) is 7.53. The summed E-state index contributed by atoms with van der Waals surface area (Å²) in [5, 5.41) is 0. The molecule has 1 saturated heterocycles. The number of primary amides is 1. The molecule has 3 rings (SSSR count). The first-order chi connectivity index (χ1) is 10.6. The number of rotatable bonds is 5. The zero-order valence-corrected chi connectivity index (χ0v) is 13.1. The minimum absolute atomic E-state index is 0.314. The Bertz CT molecular complexity index is 697. The number of hydrogen-bond acceptors (Lipinski definition) is 4. The predicted molar refractivity (Wildman–Crippen MR) is 84.2 cm³/mol. The Morgan fingerprint density at radius 3 is 2.91 bits per heavy atom. The second kappa shape index (κ2) is 5.70. The summed E-state index contributed by atoms with van der Waals surface area (Å²) in [6.45, 7) is 1.75. The van der Waals surface area contributed by atoms with Crippen molar-refractivity contribution in [1.29, 1.82) is 0 Å². The Hall–Kier alpha value is -1.92. The number of nitrogens with two attached hydrogens (primary N) is 1. The molecule has 2 N–H and O–H groups in total. The molecule has 2 heterocycles. The number of benzene rings is 1. The molecule has 0 bridgehead atoms. The molecule has 1 aromatic carbocycles. The van der Waals surface area contributed by atoms with E-state index >= 15 is 0 Å². The molecule has 1 aliphatic rings. The molecule has 1 amide bonds. The van der Waals surface area contributed by atoms with E-state index in [4.69, 9.17) is 10.5 Å². The minimum atomic E-state index is -0.715. The van der Waals surface area contributed by atoms with Crippen molar-refractivity contribution in [3.05, 3.63) is 30.1 Å². The molecule has 6 heteroatoms. The van der Waals surface area contributed by atoms with Crippen molar-refractivity contribution >= 4 is 16.9 Å². The van der Waals surface area contributed by atoms with Gasteiger partial charge in [-0.1, -0.05) is 12.1 Å². The van der Waals surface area contributed by atoms with Crippen LogP contribution in [0.4, 0.5) is 0 Å². The molecule has 1 aliphatic heterocycles. The molecule has 0 radical (unpaired) electrons. The number of para-hydroxylation sites is 2. The summed E-state index contributed by atoms with van der Waals surface area (Å²) < 4.78 is 7.35. The number of carbonyl (C=O) groups excluding carboxylic acids is 1. The van der Waals surface area contributed by atoms with Crippen molar-refractivity contribution < 1.29 is 9.53 Å². The van der Waals surface area contributed by atoms with E-state index in [1.165, 1.54) is 0 Å². The number of fused-ring (bicyclic) bond motifs is 1. The van der Waals surface area contributed by atoms with Gasteiger partial charge in [-0.15, -0.1) is 0 Å².